The quantitative estimate of drug-likeness (QED) is 0.571. The Labute approximate surface area is 64.8 Å². The van der Waals surface area contributed by atoms with Crippen molar-refractivity contribution in [2.45, 2.75) is 19.4 Å². The van der Waals surface area contributed by atoms with Gasteiger partial charge in [0, 0.05) is 6.54 Å². The predicted octanol–water partition coefficient (Wildman–Crippen LogP) is -0.0622. The number of nitrogens with zero attached hydrogens (tertiary/aromatic N) is 1. The maximum absolute atomic E-state index is 10.5. The lowest BCUT2D eigenvalue weighted by Crippen LogP contribution is -2.34. The van der Waals surface area contributed by atoms with E-state index in [1.165, 1.54) is 4.90 Å². The first-order chi connectivity index (χ1) is 5.15. The van der Waals surface area contributed by atoms with E-state index >= 15 is 0 Å². The molecule has 1 amide bonds. The topological polar surface area (TPSA) is 57.6 Å². The van der Waals surface area contributed by atoms with Gasteiger partial charge in [0.15, 0.2) is 0 Å². The SMILES string of the molecule is CC1CC(C(=O)O)N(C=O)C1. The molecule has 1 aliphatic heterocycles. The molecule has 0 saturated carbocycles. The van der Waals surface area contributed by atoms with Crippen molar-refractivity contribution in [2.24, 2.45) is 5.92 Å². The van der Waals surface area contributed by atoms with Crippen LogP contribution < -0.4 is 0 Å². The Bertz CT molecular complexity index is 181. The third-order valence-electron chi connectivity index (χ3n) is 1.97. The molecular formula is C7H11NO3. The van der Waals surface area contributed by atoms with E-state index in [2.05, 4.69) is 0 Å². The monoisotopic (exact) mass is 157 g/mol. The number of likely N-dealkylation sites (tertiary alicyclic amines) is 1. The van der Waals surface area contributed by atoms with Gasteiger partial charge >= 0.3 is 5.97 Å². The Morgan fingerprint density at radius 3 is 2.73 bits per heavy atom. The number of carboxylic acid groups (broad SMARTS) is 1. The highest BCUT2D eigenvalue weighted by molar-refractivity contribution is 5.76. The number of carbonyl (C=O) groups excluding carboxylic acids is 1. The van der Waals surface area contributed by atoms with Crippen LogP contribution in [0.25, 0.3) is 0 Å². The number of amides is 1. The molecule has 4 nitrogen and oxygen atoms in total. The molecule has 1 saturated heterocycles. The zero-order valence-electron chi connectivity index (χ0n) is 6.36. The number of carbonyl (C=O) groups is 2. The van der Waals surface area contributed by atoms with Crippen LogP contribution >= 0.6 is 0 Å². The fourth-order valence-electron chi connectivity index (χ4n) is 1.44. The van der Waals surface area contributed by atoms with Gasteiger partial charge in [0.25, 0.3) is 0 Å². The second-order valence-corrected chi connectivity index (χ2v) is 3.00. The summed E-state index contributed by atoms with van der Waals surface area (Å²) in [6.07, 6.45) is 1.19. The highest BCUT2D eigenvalue weighted by Gasteiger charge is 2.33. The smallest absolute Gasteiger partial charge is 0.326 e. The summed E-state index contributed by atoms with van der Waals surface area (Å²) in [5.74, 6) is -0.595. The average Bonchev–Trinajstić information content (AvgIpc) is 2.30. The summed E-state index contributed by atoms with van der Waals surface area (Å²) < 4.78 is 0. The minimum Gasteiger partial charge on any atom is -0.480 e. The minimum atomic E-state index is -0.901. The molecule has 2 unspecified atom stereocenters. The second kappa shape index (κ2) is 2.90. The normalized spacial score (nSPS) is 30.5. The number of hydrogen-bond acceptors (Lipinski definition) is 2. The Balaban J connectivity index is 2.64. The largest absolute Gasteiger partial charge is 0.480 e. The van der Waals surface area contributed by atoms with Crippen LogP contribution in [0.5, 0.6) is 0 Å². The number of aliphatic carboxylic acids is 1. The summed E-state index contributed by atoms with van der Waals surface area (Å²) in [4.78, 5) is 22.2. The third kappa shape index (κ3) is 1.50. The summed E-state index contributed by atoms with van der Waals surface area (Å²) >= 11 is 0. The van der Waals surface area contributed by atoms with Gasteiger partial charge < -0.3 is 10.0 Å². The third-order valence-corrected chi connectivity index (χ3v) is 1.97. The van der Waals surface area contributed by atoms with E-state index in [9.17, 15) is 9.59 Å². The molecule has 0 aromatic heterocycles. The molecule has 1 fully saturated rings. The van der Waals surface area contributed by atoms with E-state index in [1.54, 1.807) is 0 Å². The van der Waals surface area contributed by atoms with Crippen LogP contribution in [0.2, 0.25) is 0 Å². The second-order valence-electron chi connectivity index (χ2n) is 3.00. The fraction of sp³-hybridized carbons (Fsp3) is 0.714. The molecule has 11 heavy (non-hydrogen) atoms. The van der Waals surface area contributed by atoms with Gasteiger partial charge in [-0.25, -0.2) is 4.79 Å². The van der Waals surface area contributed by atoms with Crippen molar-refractivity contribution in [2.75, 3.05) is 6.54 Å². The summed E-state index contributed by atoms with van der Waals surface area (Å²) in [5, 5.41) is 8.63. The summed E-state index contributed by atoms with van der Waals surface area (Å²) in [6, 6.07) is -0.595. The van der Waals surface area contributed by atoms with Crippen molar-refractivity contribution in [1.82, 2.24) is 4.90 Å². The lowest BCUT2D eigenvalue weighted by Gasteiger charge is -2.14. The molecule has 2 atom stereocenters. The molecule has 1 N–H and O–H groups in total. The van der Waals surface area contributed by atoms with Crippen molar-refractivity contribution in [1.29, 1.82) is 0 Å². The van der Waals surface area contributed by atoms with Crippen LogP contribution in [-0.4, -0.2) is 35.0 Å². The Kier molecular flexibility index (Phi) is 2.12. The summed E-state index contributed by atoms with van der Waals surface area (Å²) in [6.45, 7) is 2.51. The van der Waals surface area contributed by atoms with E-state index in [1.807, 2.05) is 6.92 Å². The van der Waals surface area contributed by atoms with Gasteiger partial charge in [0.1, 0.15) is 6.04 Å². The first-order valence-electron chi connectivity index (χ1n) is 3.59. The molecule has 0 bridgehead atoms. The molecule has 1 aliphatic rings. The van der Waals surface area contributed by atoms with E-state index in [4.69, 9.17) is 5.11 Å². The number of rotatable bonds is 2. The van der Waals surface area contributed by atoms with Gasteiger partial charge in [0.2, 0.25) is 6.41 Å². The minimum absolute atomic E-state index is 0.307. The van der Waals surface area contributed by atoms with E-state index < -0.39 is 12.0 Å². The Morgan fingerprint density at radius 1 is 1.73 bits per heavy atom. The van der Waals surface area contributed by atoms with Crippen molar-refractivity contribution in [3.63, 3.8) is 0 Å². The lowest BCUT2D eigenvalue weighted by atomic mass is 10.1. The first kappa shape index (κ1) is 8.04. The van der Waals surface area contributed by atoms with E-state index in [0.29, 0.717) is 25.3 Å². The summed E-state index contributed by atoms with van der Waals surface area (Å²) in [7, 11) is 0. The van der Waals surface area contributed by atoms with Crippen LogP contribution in [0.1, 0.15) is 13.3 Å². The predicted molar refractivity (Wildman–Crippen MR) is 38.0 cm³/mol. The zero-order valence-corrected chi connectivity index (χ0v) is 6.36. The molecule has 4 heteroatoms. The van der Waals surface area contributed by atoms with Gasteiger partial charge in [-0.2, -0.15) is 0 Å². The van der Waals surface area contributed by atoms with Gasteiger partial charge in [-0.05, 0) is 12.3 Å². The van der Waals surface area contributed by atoms with Crippen molar-refractivity contribution >= 4 is 12.4 Å². The lowest BCUT2D eigenvalue weighted by molar-refractivity contribution is -0.144. The van der Waals surface area contributed by atoms with Crippen molar-refractivity contribution < 1.29 is 14.7 Å². The molecule has 0 aliphatic carbocycles. The average molecular weight is 157 g/mol. The van der Waals surface area contributed by atoms with Crippen LogP contribution in [-0.2, 0) is 9.59 Å². The number of hydrogen-bond donors (Lipinski definition) is 1. The van der Waals surface area contributed by atoms with Gasteiger partial charge in [-0.3, -0.25) is 4.79 Å². The molecule has 0 aromatic rings. The van der Waals surface area contributed by atoms with Crippen molar-refractivity contribution in [3.8, 4) is 0 Å². The fourth-order valence-corrected chi connectivity index (χ4v) is 1.44. The molecule has 1 heterocycles. The molecule has 0 radical (unpaired) electrons. The molecular weight excluding hydrogens is 146 g/mol. The molecule has 62 valence electrons. The standard InChI is InChI=1S/C7H11NO3/c1-5-2-6(7(10)11)8(3-5)4-9/h4-6H,2-3H2,1H3,(H,10,11). The molecule has 1 rings (SSSR count). The Hall–Kier alpha value is -1.06. The molecule has 0 spiro atoms. The van der Waals surface area contributed by atoms with Crippen LogP contribution in [0.3, 0.4) is 0 Å². The summed E-state index contributed by atoms with van der Waals surface area (Å²) in [5.41, 5.74) is 0. The van der Waals surface area contributed by atoms with Gasteiger partial charge in [0.05, 0.1) is 0 Å². The maximum atomic E-state index is 10.5. The Morgan fingerprint density at radius 2 is 2.36 bits per heavy atom. The first-order valence-corrected chi connectivity index (χ1v) is 3.59. The van der Waals surface area contributed by atoms with E-state index in [-0.39, 0.29) is 0 Å². The maximum Gasteiger partial charge on any atom is 0.326 e. The molecule has 0 aromatic carbocycles. The van der Waals surface area contributed by atoms with Gasteiger partial charge in [-0.15, -0.1) is 0 Å². The number of carboxylic acids is 1. The van der Waals surface area contributed by atoms with Crippen LogP contribution in [0.4, 0.5) is 0 Å². The van der Waals surface area contributed by atoms with Crippen LogP contribution in [0, 0.1) is 5.92 Å². The zero-order chi connectivity index (χ0) is 8.43. The highest BCUT2D eigenvalue weighted by Crippen LogP contribution is 2.20. The highest BCUT2D eigenvalue weighted by atomic mass is 16.4. The van der Waals surface area contributed by atoms with Crippen LogP contribution in [0.15, 0.2) is 0 Å². The van der Waals surface area contributed by atoms with E-state index in [0.717, 1.165) is 0 Å². The van der Waals surface area contributed by atoms with Gasteiger partial charge in [-0.1, -0.05) is 6.92 Å². The van der Waals surface area contributed by atoms with Crippen molar-refractivity contribution in [3.05, 3.63) is 0 Å².